The molecule has 0 aliphatic heterocycles. The summed E-state index contributed by atoms with van der Waals surface area (Å²) in [6.45, 7) is 3.97. The molecule has 0 saturated heterocycles. The zero-order valence-electron chi connectivity index (χ0n) is 10.0. The van der Waals surface area contributed by atoms with E-state index < -0.39 is 0 Å². The zero-order chi connectivity index (χ0) is 11.5. The van der Waals surface area contributed by atoms with Crippen molar-refractivity contribution in [1.29, 1.82) is 0 Å². The predicted molar refractivity (Wildman–Crippen MR) is 65.4 cm³/mol. The third-order valence-electron chi connectivity index (χ3n) is 3.12. The van der Waals surface area contributed by atoms with Crippen molar-refractivity contribution in [3.05, 3.63) is 17.5 Å². The van der Waals surface area contributed by atoms with Crippen LogP contribution in [0.1, 0.15) is 37.1 Å². The maximum absolute atomic E-state index is 6.08. The maximum atomic E-state index is 6.08. The topological polar surface area (TPSA) is 63.8 Å². The molecule has 0 radical (unpaired) electrons. The van der Waals surface area contributed by atoms with Gasteiger partial charge >= 0.3 is 0 Å². The minimum Gasteiger partial charge on any atom is -0.350 e. The molecule has 0 amide bonds. The summed E-state index contributed by atoms with van der Waals surface area (Å²) in [5, 5.41) is 3.37. The summed E-state index contributed by atoms with van der Waals surface area (Å²) < 4.78 is 0. The highest BCUT2D eigenvalue weighted by atomic mass is 15.1. The molecule has 0 bridgehead atoms. The third kappa shape index (κ3) is 2.70. The SMILES string of the molecule is Cc1cc(C)nc(N[C@H]2CCCC[C@@H]2N)n1. The first-order chi connectivity index (χ1) is 7.65. The van der Waals surface area contributed by atoms with Gasteiger partial charge in [0.1, 0.15) is 0 Å². The van der Waals surface area contributed by atoms with Gasteiger partial charge in [-0.25, -0.2) is 9.97 Å². The van der Waals surface area contributed by atoms with Crippen LogP contribution < -0.4 is 11.1 Å². The van der Waals surface area contributed by atoms with Gasteiger partial charge in [0.2, 0.25) is 5.95 Å². The molecule has 16 heavy (non-hydrogen) atoms. The van der Waals surface area contributed by atoms with Crippen molar-refractivity contribution in [3.8, 4) is 0 Å². The maximum Gasteiger partial charge on any atom is 0.223 e. The Balaban J connectivity index is 2.07. The van der Waals surface area contributed by atoms with Gasteiger partial charge in [0.25, 0.3) is 0 Å². The highest BCUT2D eigenvalue weighted by Gasteiger charge is 2.22. The Morgan fingerprint density at radius 2 is 1.81 bits per heavy atom. The van der Waals surface area contributed by atoms with Crippen LogP contribution in [0.5, 0.6) is 0 Å². The third-order valence-corrected chi connectivity index (χ3v) is 3.12. The lowest BCUT2D eigenvalue weighted by atomic mass is 9.91. The van der Waals surface area contributed by atoms with Crippen LogP contribution >= 0.6 is 0 Å². The van der Waals surface area contributed by atoms with Crippen LogP contribution in [0, 0.1) is 13.8 Å². The summed E-state index contributed by atoms with van der Waals surface area (Å²) in [6.07, 6.45) is 4.71. The van der Waals surface area contributed by atoms with Gasteiger partial charge in [-0.05, 0) is 32.8 Å². The fourth-order valence-electron chi connectivity index (χ4n) is 2.30. The lowest BCUT2D eigenvalue weighted by Gasteiger charge is -2.29. The highest BCUT2D eigenvalue weighted by Crippen LogP contribution is 2.19. The molecule has 3 N–H and O–H groups in total. The Morgan fingerprint density at radius 3 is 2.44 bits per heavy atom. The largest absolute Gasteiger partial charge is 0.350 e. The molecule has 0 aromatic carbocycles. The van der Waals surface area contributed by atoms with Crippen molar-refractivity contribution in [1.82, 2.24) is 9.97 Å². The lowest BCUT2D eigenvalue weighted by molar-refractivity contribution is 0.402. The summed E-state index contributed by atoms with van der Waals surface area (Å²) in [5.74, 6) is 0.722. The molecule has 1 aromatic heterocycles. The van der Waals surface area contributed by atoms with Gasteiger partial charge in [0.15, 0.2) is 0 Å². The van der Waals surface area contributed by atoms with E-state index in [1.54, 1.807) is 0 Å². The summed E-state index contributed by atoms with van der Waals surface area (Å²) >= 11 is 0. The number of nitrogens with two attached hydrogens (primary N) is 1. The Hall–Kier alpha value is -1.16. The van der Waals surface area contributed by atoms with Gasteiger partial charge in [-0.1, -0.05) is 12.8 Å². The molecule has 1 fully saturated rings. The molecule has 1 saturated carbocycles. The Kier molecular flexibility index (Phi) is 3.39. The minimum absolute atomic E-state index is 0.234. The van der Waals surface area contributed by atoms with Crippen LogP contribution in [0.3, 0.4) is 0 Å². The second-order valence-corrected chi connectivity index (χ2v) is 4.67. The predicted octanol–water partition coefficient (Wildman–Crippen LogP) is 1.78. The van der Waals surface area contributed by atoms with E-state index in [1.165, 1.54) is 12.8 Å². The van der Waals surface area contributed by atoms with Crippen molar-refractivity contribution < 1.29 is 0 Å². The fraction of sp³-hybridized carbons (Fsp3) is 0.667. The first-order valence-electron chi connectivity index (χ1n) is 5.99. The van der Waals surface area contributed by atoms with Crippen molar-refractivity contribution in [2.45, 2.75) is 51.6 Å². The highest BCUT2D eigenvalue weighted by molar-refractivity contribution is 5.29. The van der Waals surface area contributed by atoms with Crippen LogP contribution in [0.4, 0.5) is 5.95 Å². The van der Waals surface area contributed by atoms with Crippen LogP contribution in [0.15, 0.2) is 6.07 Å². The standard InChI is InChI=1S/C12H20N4/c1-8-7-9(2)15-12(14-8)16-11-6-4-3-5-10(11)13/h7,10-11H,3-6,13H2,1-2H3,(H,14,15,16)/t10-,11-/m0/s1. The average Bonchev–Trinajstić information content (AvgIpc) is 2.20. The number of aryl methyl sites for hydroxylation is 2. The van der Waals surface area contributed by atoms with Crippen molar-refractivity contribution in [3.63, 3.8) is 0 Å². The summed E-state index contributed by atoms with van der Waals surface area (Å²) in [5.41, 5.74) is 8.08. The molecule has 1 aromatic rings. The van der Waals surface area contributed by atoms with Crippen molar-refractivity contribution in [2.75, 3.05) is 5.32 Å². The van der Waals surface area contributed by atoms with E-state index in [0.29, 0.717) is 6.04 Å². The smallest absolute Gasteiger partial charge is 0.223 e. The molecule has 4 nitrogen and oxygen atoms in total. The first kappa shape index (κ1) is 11.3. The molecule has 0 spiro atoms. The second kappa shape index (κ2) is 4.78. The van der Waals surface area contributed by atoms with Gasteiger partial charge in [0, 0.05) is 23.5 Å². The lowest BCUT2D eigenvalue weighted by Crippen LogP contribution is -2.43. The zero-order valence-corrected chi connectivity index (χ0v) is 10.0. The molecular weight excluding hydrogens is 200 g/mol. The quantitative estimate of drug-likeness (QED) is 0.797. The van der Waals surface area contributed by atoms with E-state index in [1.807, 2.05) is 19.9 Å². The number of rotatable bonds is 2. The molecule has 1 heterocycles. The summed E-state index contributed by atoms with van der Waals surface area (Å²) in [7, 11) is 0. The van der Waals surface area contributed by atoms with E-state index in [9.17, 15) is 0 Å². The van der Waals surface area contributed by atoms with Crippen LogP contribution in [-0.2, 0) is 0 Å². The number of hydrogen-bond donors (Lipinski definition) is 2. The fourth-order valence-corrected chi connectivity index (χ4v) is 2.30. The molecule has 1 aliphatic rings. The number of nitrogens with zero attached hydrogens (tertiary/aromatic N) is 2. The normalized spacial score (nSPS) is 25.4. The number of aromatic nitrogens is 2. The van der Waals surface area contributed by atoms with E-state index in [-0.39, 0.29) is 6.04 Å². The monoisotopic (exact) mass is 220 g/mol. The minimum atomic E-state index is 0.234. The first-order valence-corrected chi connectivity index (χ1v) is 5.99. The average molecular weight is 220 g/mol. The molecule has 2 atom stereocenters. The molecular formula is C12H20N4. The van der Waals surface area contributed by atoms with E-state index in [2.05, 4.69) is 15.3 Å². The molecule has 88 valence electrons. The molecule has 0 unspecified atom stereocenters. The van der Waals surface area contributed by atoms with Crippen LogP contribution in [0.2, 0.25) is 0 Å². The van der Waals surface area contributed by atoms with Gasteiger partial charge in [-0.15, -0.1) is 0 Å². The molecule has 1 aliphatic carbocycles. The molecule has 4 heteroatoms. The van der Waals surface area contributed by atoms with E-state index in [4.69, 9.17) is 5.73 Å². The number of nitrogens with one attached hydrogen (secondary N) is 1. The Morgan fingerprint density at radius 1 is 1.19 bits per heavy atom. The van der Waals surface area contributed by atoms with Gasteiger partial charge in [-0.3, -0.25) is 0 Å². The Labute approximate surface area is 96.7 Å². The van der Waals surface area contributed by atoms with E-state index in [0.717, 1.165) is 30.2 Å². The van der Waals surface area contributed by atoms with Crippen molar-refractivity contribution >= 4 is 5.95 Å². The van der Waals surface area contributed by atoms with Crippen LogP contribution in [-0.4, -0.2) is 22.1 Å². The number of hydrogen-bond acceptors (Lipinski definition) is 4. The molecule has 2 rings (SSSR count). The van der Waals surface area contributed by atoms with E-state index >= 15 is 0 Å². The van der Waals surface area contributed by atoms with Gasteiger partial charge in [-0.2, -0.15) is 0 Å². The van der Waals surface area contributed by atoms with Gasteiger partial charge in [0.05, 0.1) is 0 Å². The van der Waals surface area contributed by atoms with Crippen molar-refractivity contribution in [2.24, 2.45) is 5.73 Å². The summed E-state index contributed by atoms with van der Waals surface area (Å²) in [4.78, 5) is 8.77. The summed E-state index contributed by atoms with van der Waals surface area (Å²) in [6, 6.07) is 2.54. The van der Waals surface area contributed by atoms with Crippen LogP contribution in [0.25, 0.3) is 0 Å². The Bertz CT molecular complexity index is 344. The van der Waals surface area contributed by atoms with Gasteiger partial charge < -0.3 is 11.1 Å². The second-order valence-electron chi connectivity index (χ2n) is 4.67. The number of anilines is 1.